The summed E-state index contributed by atoms with van der Waals surface area (Å²) in [6, 6.07) is 11.9. The number of anilines is 2. The van der Waals surface area contributed by atoms with Gasteiger partial charge < -0.3 is 35.9 Å². The second-order valence-corrected chi connectivity index (χ2v) is 6.60. The molecule has 2 aromatic rings. The molecular weight excluding hydrogens is 419 g/mol. The summed E-state index contributed by atoms with van der Waals surface area (Å²) in [5.74, 6) is -0.0341. The first-order chi connectivity index (χ1) is 12.3. The van der Waals surface area contributed by atoms with E-state index in [4.69, 9.17) is 0 Å². The van der Waals surface area contributed by atoms with Gasteiger partial charge in [0.05, 0.1) is 0 Å². The van der Waals surface area contributed by atoms with Gasteiger partial charge in [-0.2, -0.15) is 0 Å². The van der Waals surface area contributed by atoms with Crippen molar-refractivity contribution in [1.29, 1.82) is 0 Å². The van der Waals surface area contributed by atoms with Crippen LogP contribution in [0.25, 0.3) is 0 Å². The molecule has 0 fully saturated rings. The fourth-order valence-corrected chi connectivity index (χ4v) is 2.26. The van der Waals surface area contributed by atoms with Crippen LogP contribution in [-0.2, 0) is 51.9 Å². The van der Waals surface area contributed by atoms with Crippen molar-refractivity contribution >= 4 is 48.4 Å². The minimum absolute atomic E-state index is 0. The number of hydrogen-bond acceptors (Lipinski definition) is 4. The average molecular weight is 443 g/mol. The number of aryl methyl sites for hydroxylation is 4. The molecule has 27 heavy (non-hydrogen) atoms. The van der Waals surface area contributed by atoms with Gasteiger partial charge >= 0.3 is 17.1 Å². The summed E-state index contributed by atoms with van der Waals surface area (Å²) in [5, 5.41) is 5.52. The van der Waals surface area contributed by atoms with Crippen LogP contribution < -0.4 is 10.6 Å². The predicted octanol–water partition coefficient (Wildman–Crippen LogP) is 3.58. The zero-order valence-electron chi connectivity index (χ0n) is 15.9. The van der Waals surface area contributed by atoms with Crippen LogP contribution in [0.2, 0.25) is 0 Å². The maximum atomic E-state index is 11.0. The summed E-state index contributed by atoms with van der Waals surface area (Å²) < 4.78 is 0. The van der Waals surface area contributed by atoms with Crippen LogP contribution in [0.15, 0.2) is 36.4 Å². The Morgan fingerprint density at radius 2 is 1.07 bits per heavy atom. The summed E-state index contributed by atoms with van der Waals surface area (Å²) in [7, 11) is 0. The zero-order valence-corrected chi connectivity index (χ0v) is 18.7. The minimum Gasteiger partial charge on any atom is -0.783 e. The standard InChI is InChI=1S/2C10H13NOS.Mn/c2*1-7-3-4-8(2)9(5-7)11-10(12)6-13;/h2*3-5,13H,6H2,1-2H3,(H,11,12);/q;;+2/p-2. The maximum Gasteiger partial charge on any atom is 2.00 e. The van der Waals surface area contributed by atoms with Gasteiger partial charge in [-0.1, -0.05) is 35.8 Å². The minimum atomic E-state index is -0.122. The van der Waals surface area contributed by atoms with E-state index in [-0.39, 0.29) is 40.4 Å². The van der Waals surface area contributed by atoms with Crippen molar-refractivity contribution in [2.75, 3.05) is 22.1 Å². The third kappa shape index (κ3) is 9.38. The Bertz CT molecular complexity index is 717. The molecule has 0 saturated heterocycles. The van der Waals surface area contributed by atoms with E-state index in [2.05, 4.69) is 35.9 Å². The van der Waals surface area contributed by atoms with Crippen LogP contribution in [0.1, 0.15) is 22.3 Å². The van der Waals surface area contributed by atoms with E-state index in [0.29, 0.717) is 0 Å². The predicted molar refractivity (Wildman–Crippen MR) is 114 cm³/mol. The van der Waals surface area contributed by atoms with E-state index >= 15 is 0 Å². The van der Waals surface area contributed by atoms with E-state index in [1.165, 1.54) is 0 Å². The molecule has 0 bridgehead atoms. The van der Waals surface area contributed by atoms with E-state index in [9.17, 15) is 9.59 Å². The molecule has 0 aromatic heterocycles. The van der Waals surface area contributed by atoms with Crippen LogP contribution in [0.5, 0.6) is 0 Å². The van der Waals surface area contributed by atoms with Crippen LogP contribution >= 0.6 is 0 Å². The summed E-state index contributed by atoms with van der Waals surface area (Å²) in [4.78, 5) is 22.1. The van der Waals surface area contributed by atoms with Crippen LogP contribution in [0, 0.1) is 27.7 Å². The molecule has 2 N–H and O–H groups in total. The molecule has 0 spiro atoms. The first kappa shape index (κ1) is 25.6. The molecule has 0 unspecified atom stereocenters. The number of amides is 2. The second-order valence-electron chi connectivity index (χ2n) is 6.02. The van der Waals surface area contributed by atoms with Gasteiger partial charge in [-0.25, -0.2) is 0 Å². The van der Waals surface area contributed by atoms with Crippen molar-refractivity contribution in [2.45, 2.75) is 27.7 Å². The smallest absolute Gasteiger partial charge is 0.783 e. The average Bonchev–Trinajstić information content (AvgIpc) is 2.61. The third-order valence-electron chi connectivity index (χ3n) is 3.60. The molecule has 0 atom stereocenters. The Morgan fingerprint density at radius 3 is 1.37 bits per heavy atom. The number of benzene rings is 2. The molecular formula is C20H24MnN2O2S2. The van der Waals surface area contributed by atoms with Crippen LogP contribution in [0.4, 0.5) is 11.4 Å². The molecule has 2 rings (SSSR count). The quantitative estimate of drug-likeness (QED) is 0.560. The van der Waals surface area contributed by atoms with Gasteiger partial charge in [-0.15, -0.1) is 0 Å². The fourth-order valence-electron chi connectivity index (χ4n) is 2.11. The number of hydrogen-bond donors (Lipinski definition) is 2. The summed E-state index contributed by atoms with van der Waals surface area (Å²) in [6.07, 6.45) is 0. The van der Waals surface area contributed by atoms with Crippen molar-refractivity contribution in [3.05, 3.63) is 58.7 Å². The Morgan fingerprint density at radius 1 is 0.741 bits per heavy atom. The van der Waals surface area contributed by atoms with E-state index < -0.39 is 0 Å². The number of nitrogens with one attached hydrogen (secondary N) is 2. The summed E-state index contributed by atoms with van der Waals surface area (Å²) >= 11 is 9.28. The van der Waals surface area contributed by atoms with Crippen molar-refractivity contribution in [3.63, 3.8) is 0 Å². The molecule has 0 aliphatic rings. The topological polar surface area (TPSA) is 58.2 Å². The Labute approximate surface area is 183 Å². The van der Waals surface area contributed by atoms with Gasteiger partial charge in [0.2, 0.25) is 0 Å². The summed E-state index contributed by atoms with van der Waals surface area (Å²) in [5.41, 5.74) is 6.09. The Balaban J connectivity index is 0.000000483. The molecule has 7 heteroatoms. The molecule has 1 radical (unpaired) electrons. The van der Waals surface area contributed by atoms with Gasteiger partial charge in [0.1, 0.15) is 0 Å². The third-order valence-corrected chi connectivity index (χ3v) is 4.12. The molecule has 4 nitrogen and oxygen atoms in total. The number of carbonyl (C=O) groups is 2. The number of carbonyl (C=O) groups excluding carboxylic acids is 2. The van der Waals surface area contributed by atoms with E-state index in [1.807, 2.05) is 64.1 Å². The van der Waals surface area contributed by atoms with Crippen molar-refractivity contribution in [3.8, 4) is 0 Å². The molecule has 0 saturated carbocycles. The van der Waals surface area contributed by atoms with Gasteiger partial charge in [0.25, 0.3) is 0 Å². The molecule has 2 amide bonds. The SMILES string of the molecule is Cc1ccc(C)c(NC(=O)C[S-])c1.Cc1ccc(C)c(NC(=O)C[S-])c1.[Mn+2]. The van der Waals surface area contributed by atoms with Crippen molar-refractivity contribution in [2.24, 2.45) is 0 Å². The monoisotopic (exact) mass is 443 g/mol. The van der Waals surface area contributed by atoms with Gasteiger partial charge in [-0.3, -0.25) is 9.59 Å². The van der Waals surface area contributed by atoms with Crippen LogP contribution in [-0.4, -0.2) is 23.3 Å². The van der Waals surface area contributed by atoms with E-state index in [0.717, 1.165) is 33.6 Å². The Kier molecular flexibility index (Phi) is 12.2. The maximum absolute atomic E-state index is 11.0. The molecule has 0 heterocycles. The molecule has 2 aromatic carbocycles. The second kappa shape index (κ2) is 12.9. The molecule has 0 aliphatic heterocycles. The Hall–Kier alpha value is -1.40. The van der Waals surface area contributed by atoms with Gasteiger partial charge in [0, 0.05) is 11.4 Å². The fraction of sp³-hybridized carbons (Fsp3) is 0.300. The molecule has 0 aliphatic carbocycles. The van der Waals surface area contributed by atoms with Gasteiger partial charge in [-0.05, 0) is 62.1 Å². The molecule has 145 valence electrons. The summed E-state index contributed by atoms with van der Waals surface area (Å²) in [6.45, 7) is 7.89. The normalized spacial score (nSPS) is 9.41. The zero-order chi connectivity index (χ0) is 19.7. The number of rotatable bonds is 4. The van der Waals surface area contributed by atoms with Crippen molar-refractivity contribution in [1.82, 2.24) is 0 Å². The van der Waals surface area contributed by atoms with Crippen molar-refractivity contribution < 1.29 is 26.7 Å². The van der Waals surface area contributed by atoms with E-state index in [1.54, 1.807) is 0 Å². The first-order valence-corrected chi connectivity index (χ1v) is 9.32. The first-order valence-electron chi connectivity index (χ1n) is 8.17. The van der Waals surface area contributed by atoms with Gasteiger partial charge in [0.15, 0.2) is 11.8 Å². The van der Waals surface area contributed by atoms with Crippen LogP contribution in [0.3, 0.4) is 0 Å². The largest absolute Gasteiger partial charge is 2.00 e.